The van der Waals surface area contributed by atoms with Crippen LogP contribution in [0.25, 0.3) is 0 Å². The van der Waals surface area contributed by atoms with E-state index < -0.39 is 12.8 Å². The molecule has 0 aromatic carbocycles. The molecular formula is C12H18F3N3O3. The van der Waals surface area contributed by atoms with Crippen molar-refractivity contribution in [2.45, 2.75) is 31.0 Å². The summed E-state index contributed by atoms with van der Waals surface area (Å²) in [5.41, 5.74) is 0. The first-order valence-electron chi connectivity index (χ1n) is 6.71. The van der Waals surface area contributed by atoms with Gasteiger partial charge in [0.2, 0.25) is 5.89 Å². The molecule has 1 aromatic heterocycles. The van der Waals surface area contributed by atoms with Crippen LogP contribution >= 0.6 is 0 Å². The topological polar surface area (TPSA) is 69.4 Å². The van der Waals surface area contributed by atoms with Gasteiger partial charge in [-0.05, 0) is 13.5 Å². The van der Waals surface area contributed by atoms with Crippen LogP contribution in [-0.4, -0.2) is 55.8 Å². The molecule has 21 heavy (non-hydrogen) atoms. The van der Waals surface area contributed by atoms with E-state index in [-0.39, 0.29) is 25.0 Å². The van der Waals surface area contributed by atoms with Crippen LogP contribution in [0, 0.1) is 0 Å². The zero-order valence-corrected chi connectivity index (χ0v) is 11.7. The molecule has 1 fully saturated rings. The summed E-state index contributed by atoms with van der Waals surface area (Å²) in [5.74, 6) is 0.744. The second-order valence-corrected chi connectivity index (χ2v) is 4.83. The molecule has 1 aliphatic heterocycles. The van der Waals surface area contributed by atoms with E-state index in [2.05, 4.69) is 20.2 Å². The van der Waals surface area contributed by atoms with Gasteiger partial charge in [-0.15, -0.1) is 0 Å². The number of nitrogens with one attached hydrogen (secondary N) is 1. The van der Waals surface area contributed by atoms with Crippen LogP contribution in [0.5, 0.6) is 0 Å². The van der Waals surface area contributed by atoms with Crippen molar-refractivity contribution in [1.82, 2.24) is 15.5 Å². The summed E-state index contributed by atoms with van der Waals surface area (Å²) in [7, 11) is 1.85. The van der Waals surface area contributed by atoms with Crippen LogP contribution in [0.3, 0.4) is 0 Å². The van der Waals surface area contributed by atoms with Gasteiger partial charge in [0.15, 0.2) is 5.82 Å². The number of rotatable bonds is 6. The minimum atomic E-state index is -4.32. The standard InChI is InChI=1S/C12H18F3N3O3/c1-16-9-2-4-19-6-8(9)11-17-10(18-21-11)3-5-20-7-12(13,14)15/h8-9,16H,2-7H2,1H3. The SMILES string of the molecule is CNC1CCOCC1c1nc(CCOCC(F)(F)F)no1. The van der Waals surface area contributed by atoms with Gasteiger partial charge in [-0.1, -0.05) is 5.16 Å². The molecule has 1 aliphatic rings. The lowest BCUT2D eigenvalue weighted by Gasteiger charge is -2.28. The van der Waals surface area contributed by atoms with Crippen molar-refractivity contribution in [2.24, 2.45) is 0 Å². The fourth-order valence-electron chi connectivity index (χ4n) is 2.20. The number of likely N-dealkylation sites (N-methyl/N-ethyl adjacent to an activating group) is 1. The van der Waals surface area contributed by atoms with Gasteiger partial charge in [-0.3, -0.25) is 0 Å². The van der Waals surface area contributed by atoms with E-state index in [1.807, 2.05) is 7.05 Å². The summed E-state index contributed by atoms with van der Waals surface area (Å²) in [6.45, 7) is -0.211. The average molecular weight is 309 g/mol. The number of aromatic nitrogens is 2. The predicted octanol–water partition coefficient (Wildman–Crippen LogP) is 1.28. The van der Waals surface area contributed by atoms with E-state index in [1.54, 1.807) is 0 Å². The fourth-order valence-corrected chi connectivity index (χ4v) is 2.20. The minimum Gasteiger partial charge on any atom is -0.381 e. The molecule has 2 heterocycles. The first-order valence-corrected chi connectivity index (χ1v) is 6.71. The Morgan fingerprint density at radius 3 is 2.95 bits per heavy atom. The van der Waals surface area contributed by atoms with Crippen molar-refractivity contribution in [3.05, 3.63) is 11.7 Å². The Bertz CT molecular complexity index is 439. The summed E-state index contributed by atoms with van der Waals surface area (Å²) in [6, 6.07) is 0.188. The number of alkyl halides is 3. The highest BCUT2D eigenvalue weighted by Gasteiger charge is 2.31. The van der Waals surface area contributed by atoms with Gasteiger partial charge < -0.3 is 19.3 Å². The van der Waals surface area contributed by atoms with Crippen LogP contribution in [0.4, 0.5) is 13.2 Å². The predicted molar refractivity (Wildman–Crippen MR) is 65.9 cm³/mol. The van der Waals surface area contributed by atoms with Crippen molar-refractivity contribution in [1.29, 1.82) is 0 Å². The molecule has 0 aliphatic carbocycles. The maximum atomic E-state index is 11.9. The summed E-state index contributed by atoms with van der Waals surface area (Å²) in [5, 5.41) is 6.94. The van der Waals surface area contributed by atoms with Crippen LogP contribution in [0.2, 0.25) is 0 Å². The fraction of sp³-hybridized carbons (Fsp3) is 0.833. The summed E-state index contributed by atoms with van der Waals surface area (Å²) in [4.78, 5) is 4.21. The molecular weight excluding hydrogens is 291 g/mol. The third-order valence-corrected chi connectivity index (χ3v) is 3.26. The van der Waals surface area contributed by atoms with Gasteiger partial charge in [-0.2, -0.15) is 18.2 Å². The Kier molecular flexibility index (Phi) is 5.54. The summed E-state index contributed by atoms with van der Waals surface area (Å²) in [6.07, 6.45) is -3.30. The monoisotopic (exact) mass is 309 g/mol. The van der Waals surface area contributed by atoms with Gasteiger partial charge in [0, 0.05) is 19.1 Å². The van der Waals surface area contributed by atoms with Gasteiger partial charge >= 0.3 is 6.18 Å². The first kappa shape index (κ1) is 16.2. The number of ether oxygens (including phenoxy) is 2. The van der Waals surface area contributed by atoms with E-state index in [9.17, 15) is 13.2 Å². The van der Waals surface area contributed by atoms with Crippen LogP contribution in [0.1, 0.15) is 24.1 Å². The number of hydrogen-bond acceptors (Lipinski definition) is 6. The Morgan fingerprint density at radius 1 is 1.43 bits per heavy atom. The number of halogens is 3. The molecule has 9 heteroatoms. The second kappa shape index (κ2) is 7.19. The van der Waals surface area contributed by atoms with Crippen LogP contribution < -0.4 is 5.32 Å². The van der Waals surface area contributed by atoms with Crippen LogP contribution in [-0.2, 0) is 15.9 Å². The molecule has 0 radical (unpaired) electrons. The van der Waals surface area contributed by atoms with Crippen molar-refractivity contribution in [3.8, 4) is 0 Å². The van der Waals surface area contributed by atoms with E-state index in [0.29, 0.717) is 24.9 Å². The molecule has 2 atom stereocenters. The zero-order chi connectivity index (χ0) is 15.3. The van der Waals surface area contributed by atoms with Gasteiger partial charge in [0.05, 0.1) is 19.1 Å². The molecule has 1 aromatic rings. The summed E-state index contributed by atoms with van der Waals surface area (Å²) < 4.78 is 50.8. The van der Waals surface area contributed by atoms with Crippen molar-refractivity contribution in [3.63, 3.8) is 0 Å². The lowest BCUT2D eigenvalue weighted by molar-refractivity contribution is -0.173. The maximum absolute atomic E-state index is 11.9. The summed E-state index contributed by atoms with van der Waals surface area (Å²) >= 11 is 0. The zero-order valence-electron chi connectivity index (χ0n) is 11.7. The van der Waals surface area contributed by atoms with E-state index >= 15 is 0 Å². The van der Waals surface area contributed by atoms with Gasteiger partial charge in [0.25, 0.3) is 0 Å². The molecule has 1 saturated heterocycles. The Labute approximate surface area is 120 Å². The van der Waals surface area contributed by atoms with Crippen molar-refractivity contribution in [2.75, 3.05) is 33.5 Å². The second-order valence-electron chi connectivity index (χ2n) is 4.83. The Balaban J connectivity index is 1.83. The maximum Gasteiger partial charge on any atom is 0.411 e. The lowest BCUT2D eigenvalue weighted by atomic mass is 9.96. The molecule has 2 unspecified atom stereocenters. The largest absolute Gasteiger partial charge is 0.411 e. The molecule has 0 spiro atoms. The molecule has 0 amide bonds. The first-order chi connectivity index (χ1) is 9.99. The third-order valence-electron chi connectivity index (χ3n) is 3.26. The molecule has 0 bridgehead atoms. The normalized spacial score (nSPS) is 23.4. The van der Waals surface area contributed by atoms with Crippen molar-refractivity contribution < 1.29 is 27.2 Å². The average Bonchev–Trinajstić information content (AvgIpc) is 2.91. The number of nitrogens with zero attached hydrogens (tertiary/aromatic N) is 2. The lowest BCUT2D eigenvalue weighted by Crippen LogP contribution is -2.39. The van der Waals surface area contributed by atoms with Gasteiger partial charge in [0.1, 0.15) is 6.61 Å². The number of hydrogen-bond donors (Lipinski definition) is 1. The van der Waals surface area contributed by atoms with Gasteiger partial charge in [-0.25, -0.2) is 0 Å². The molecule has 2 rings (SSSR count). The highest BCUT2D eigenvalue weighted by molar-refractivity contribution is 5.01. The highest BCUT2D eigenvalue weighted by atomic mass is 19.4. The van der Waals surface area contributed by atoms with E-state index in [1.165, 1.54) is 0 Å². The third kappa shape index (κ3) is 4.94. The van der Waals surface area contributed by atoms with E-state index in [0.717, 1.165) is 6.42 Å². The molecule has 6 nitrogen and oxygen atoms in total. The van der Waals surface area contributed by atoms with Crippen molar-refractivity contribution >= 4 is 0 Å². The minimum absolute atomic E-state index is 0.0407. The molecule has 0 saturated carbocycles. The van der Waals surface area contributed by atoms with E-state index in [4.69, 9.17) is 9.26 Å². The Morgan fingerprint density at radius 2 is 2.24 bits per heavy atom. The smallest absolute Gasteiger partial charge is 0.381 e. The highest BCUT2D eigenvalue weighted by Crippen LogP contribution is 2.24. The quantitative estimate of drug-likeness (QED) is 0.799. The Hall–Kier alpha value is -1.19. The van der Waals surface area contributed by atoms with Crippen LogP contribution in [0.15, 0.2) is 4.52 Å². The molecule has 120 valence electrons. The molecule has 1 N–H and O–H groups in total.